The van der Waals surface area contributed by atoms with Gasteiger partial charge in [-0.25, -0.2) is 4.98 Å². The highest BCUT2D eigenvalue weighted by molar-refractivity contribution is 5.76. The van der Waals surface area contributed by atoms with E-state index in [0.717, 1.165) is 42.9 Å². The lowest BCUT2D eigenvalue weighted by Gasteiger charge is -2.45. The first-order valence-corrected chi connectivity index (χ1v) is 15.9. The van der Waals surface area contributed by atoms with Crippen molar-refractivity contribution in [3.8, 4) is 0 Å². The van der Waals surface area contributed by atoms with E-state index in [9.17, 15) is 9.59 Å². The first-order valence-electron chi connectivity index (χ1n) is 15.9. The number of benzene rings is 1. The highest BCUT2D eigenvalue weighted by Crippen LogP contribution is 2.44. The van der Waals surface area contributed by atoms with Crippen molar-refractivity contribution in [2.75, 3.05) is 38.2 Å². The van der Waals surface area contributed by atoms with Crippen LogP contribution in [-0.4, -0.2) is 82.8 Å². The van der Waals surface area contributed by atoms with Gasteiger partial charge in [0.25, 0.3) is 5.56 Å². The fraction of sp³-hybridized carbons (Fsp3) is 0.719. The van der Waals surface area contributed by atoms with E-state index in [4.69, 9.17) is 9.72 Å². The van der Waals surface area contributed by atoms with Gasteiger partial charge in [0.15, 0.2) is 5.82 Å². The number of nitrogens with zero attached hydrogens (tertiary/aromatic N) is 5. The van der Waals surface area contributed by atoms with Crippen LogP contribution in [0.25, 0.3) is 11.0 Å². The van der Waals surface area contributed by atoms with Crippen LogP contribution < -0.4 is 10.5 Å². The predicted molar refractivity (Wildman–Crippen MR) is 159 cm³/mol. The summed E-state index contributed by atoms with van der Waals surface area (Å²) in [6.45, 7) is 3.96. The van der Waals surface area contributed by atoms with Crippen LogP contribution in [0.15, 0.2) is 29.1 Å². The van der Waals surface area contributed by atoms with Crippen molar-refractivity contribution in [3.05, 3.63) is 34.6 Å². The van der Waals surface area contributed by atoms with Gasteiger partial charge in [-0.2, -0.15) is 0 Å². The lowest BCUT2D eigenvalue weighted by Crippen LogP contribution is -2.50. The third-order valence-corrected chi connectivity index (χ3v) is 10.2. The molecule has 1 aliphatic carbocycles. The van der Waals surface area contributed by atoms with Gasteiger partial charge in [-0.1, -0.05) is 44.2 Å². The Bertz CT molecular complexity index is 1220. The quantitative estimate of drug-likeness (QED) is 0.462. The van der Waals surface area contributed by atoms with Gasteiger partial charge >= 0.3 is 5.97 Å². The molecule has 2 bridgehead atoms. The molecule has 1 saturated carbocycles. The normalized spacial score (nSPS) is 28.2. The average Bonchev–Trinajstić information content (AvgIpc) is 3.51. The van der Waals surface area contributed by atoms with E-state index in [1.807, 2.05) is 32.2 Å². The Morgan fingerprint density at radius 3 is 2.38 bits per heavy atom. The molecule has 4 aliphatic rings. The summed E-state index contributed by atoms with van der Waals surface area (Å²) in [6, 6.07) is 10.5. The zero-order valence-corrected chi connectivity index (χ0v) is 24.5. The molecule has 0 spiro atoms. The van der Waals surface area contributed by atoms with Gasteiger partial charge in [0.1, 0.15) is 0 Å². The molecule has 218 valence electrons. The number of carbonyl (C=O) groups is 1. The van der Waals surface area contributed by atoms with E-state index in [1.165, 1.54) is 57.8 Å². The van der Waals surface area contributed by atoms with Crippen LogP contribution in [0, 0.1) is 0 Å². The van der Waals surface area contributed by atoms with Crippen LogP contribution in [0.5, 0.6) is 0 Å². The highest BCUT2D eigenvalue weighted by Gasteiger charge is 2.45. The summed E-state index contributed by atoms with van der Waals surface area (Å²) in [4.78, 5) is 38.4. The Hall–Kier alpha value is -2.45. The largest absolute Gasteiger partial charge is 0.465 e. The topological polar surface area (TPSA) is 70.9 Å². The van der Waals surface area contributed by atoms with Gasteiger partial charge < -0.3 is 14.2 Å². The molecule has 8 nitrogen and oxygen atoms in total. The summed E-state index contributed by atoms with van der Waals surface area (Å²) < 4.78 is 7.27. The molecule has 4 atom stereocenters. The number of carbonyl (C=O) groups excluding carboxylic acids is 1. The van der Waals surface area contributed by atoms with Gasteiger partial charge in [0.2, 0.25) is 0 Å². The molecular formula is C32H47N5O3. The monoisotopic (exact) mass is 549 g/mol. The van der Waals surface area contributed by atoms with Gasteiger partial charge in [-0.15, -0.1) is 0 Å². The van der Waals surface area contributed by atoms with Crippen molar-refractivity contribution in [2.45, 2.75) is 114 Å². The molecule has 40 heavy (non-hydrogen) atoms. The van der Waals surface area contributed by atoms with Gasteiger partial charge in [0, 0.05) is 43.3 Å². The van der Waals surface area contributed by atoms with E-state index in [2.05, 4.69) is 25.3 Å². The van der Waals surface area contributed by atoms with Crippen molar-refractivity contribution in [2.24, 2.45) is 0 Å². The molecule has 1 aromatic carbocycles. The standard InChI is InChI=1S/C32H47N5O3/c1-3-40-30(38)22-34(2)26-17-18-35(21-26)31-32(39)37(29-14-10-9-13-28(29)33-31)27-19-24-15-16-25(20-27)36(24)23-11-7-5-4-6-8-12-23/h9-10,13-14,23-27H,3-8,11-12,15-22H2,1-2H3/t24-,25+,26-,27+/m0/s1. The summed E-state index contributed by atoms with van der Waals surface area (Å²) in [7, 11) is 1.97. The molecule has 0 radical (unpaired) electrons. The number of piperidine rings is 1. The molecule has 3 saturated heterocycles. The molecule has 6 rings (SSSR count). The summed E-state index contributed by atoms with van der Waals surface area (Å²) in [5, 5.41) is 0. The van der Waals surface area contributed by atoms with Crippen molar-refractivity contribution in [1.82, 2.24) is 19.4 Å². The third-order valence-electron chi connectivity index (χ3n) is 10.2. The molecule has 1 aromatic heterocycles. The molecule has 0 amide bonds. The third kappa shape index (κ3) is 5.54. The van der Waals surface area contributed by atoms with Crippen LogP contribution in [0.1, 0.15) is 90.0 Å². The lowest BCUT2D eigenvalue weighted by molar-refractivity contribution is -0.144. The number of aromatic nitrogens is 2. The van der Waals surface area contributed by atoms with E-state index >= 15 is 0 Å². The summed E-state index contributed by atoms with van der Waals surface area (Å²) in [6.07, 6.45) is 15.2. The van der Waals surface area contributed by atoms with Gasteiger partial charge in [0.05, 0.1) is 24.2 Å². The summed E-state index contributed by atoms with van der Waals surface area (Å²) in [5.74, 6) is 0.371. The Kier molecular flexibility index (Phi) is 8.45. The van der Waals surface area contributed by atoms with Crippen LogP contribution in [0.3, 0.4) is 0 Å². The molecule has 8 heteroatoms. The molecule has 4 heterocycles. The second-order valence-electron chi connectivity index (χ2n) is 12.7. The molecule has 4 fully saturated rings. The number of hydrogen-bond acceptors (Lipinski definition) is 7. The first kappa shape index (κ1) is 27.7. The highest BCUT2D eigenvalue weighted by atomic mass is 16.5. The summed E-state index contributed by atoms with van der Waals surface area (Å²) in [5.41, 5.74) is 1.92. The minimum atomic E-state index is -0.199. The zero-order valence-electron chi connectivity index (χ0n) is 24.5. The fourth-order valence-electron chi connectivity index (χ4n) is 8.27. The second-order valence-corrected chi connectivity index (χ2v) is 12.7. The van der Waals surface area contributed by atoms with E-state index in [0.29, 0.717) is 31.1 Å². The molecule has 0 N–H and O–H groups in total. The van der Waals surface area contributed by atoms with Gasteiger partial charge in [-0.05, 0) is 71.0 Å². The number of ether oxygens (including phenoxy) is 1. The lowest BCUT2D eigenvalue weighted by atomic mass is 9.89. The molecule has 2 aromatic rings. The van der Waals surface area contributed by atoms with E-state index in [-0.39, 0.29) is 30.2 Å². The van der Waals surface area contributed by atoms with Crippen LogP contribution in [0.4, 0.5) is 5.82 Å². The van der Waals surface area contributed by atoms with Crippen molar-refractivity contribution < 1.29 is 9.53 Å². The smallest absolute Gasteiger partial charge is 0.320 e. The van der Waals surface area contributed by atoms with Crippen LogP contribution in [-0.2, 0) is 9.53 Å². The number of anilines is 1. The number of likely N-dealkylation sites (N-methyl/N-ethyl adjacent to an activating group) is 1. The minimum absolute atomic E-state index is 0.0520. The van der Waals surface area contributed by atoms with E-state index < -0.39 is 0 Å². The minimum Gasteiger partial charge on any atom is -0.465 e. The number of hydrogen-bond donors (Lipinski definition) is 0. The maximum absolute atomic E-state index is 14.3. The Labute approximate surface area is 238 Å². The summed E-state index contributed by atoms with van der Waals surface area (Å²) >= 11 is 0. The number of fused-ring (bicyclic) bond motifs is 3. The molecule has 0 unspecified atom stereocenters. The van der Waals surface area contributed by atoms with Gasteiger partial charge in [-0.3, -0.25) is 19.4 Å². The van der Waals surface area contributed by atoms with Crippen molar-refractivity contribution in [3.63, 3.8) is 0 Å². The zero-order chi connectivity index (χ0) is 27.6. The Morgan fingerprint density at radius 2 is 1.65 bits per heavy atom. The number of rotatable bonds is 7. The van der Waals surface area contributed by atoms with Crippen LogP contribution >= 0.6 is 0 Å². The second kappa shape index (κ2) is 12.2. The van der Waals surface area contributed by atoms with Crippen molar-refractivity contribution >= 4 is 22.8 Å². The number of esters is 1. The Balaban J connectivity index is 1.24. The maximum atomic E-state index is 14.3. The predicted octanol–water partition coefficient (Wildman–Crippen LogP) is 4.75. The molecular weight excluding hydrogens is 502 g/mol. The first-order chi connectivity index (χ1) is 19.5. The van der Waals surface area contributed by atoms with Crippen molar-refractivity contribution in [1.29, 1.82) is 0 Å². The fourth-order valence-corrected chi connectivity index (χ4v) is 8.27. The Morgan fingerprint density at radius 1 is 0.950 bits per heavy atom. The van der Waals surface area contributed by atoms with E-state index in [1.54, 1.807) is 0 Å². The molecule has 3 aliphatic heterocycles. The maximum Gasteiger partial charge on any atom is 0.320 e. The number of para-hydroxylation sites is 2. The SMILES string of the molecule is CCOC(=O)CN(C)[C@H]1CCN(c2nc3ccccc3n([C@H]3C[C@H]4CC[C@@H](C3)N4C3CCCCCCC3)c2=O)C1. The van der Waals surface area contributed by atoms with Crippen LogP contribution in [0.2, 0.25) is 0 Å². The average molecular weight is 550 g/mol.